The standard InChI is InChI=1S/C10H12ClNO2/c1-6(12)7-4-9-10(5-8(7)11)14-3-2-13-9/h4-6H,2-3,12H2,1H3/t6-/m1/s1. The molecule has 0 saturated carbocycles. The maximum Gasteiger partial charge on any atom is 0.162 e. The van der Waals surface area contributed by atoms with Crippen LogP contribution in [-0.2, 0) is 0 Å². The van der Waals surface area contributed by atoms with Crippen LogP contribution in [-0.4, -0.2) is 13.2 Å². The van der Waals surface area contributed by atoms with E-state index < -0.39 is 0 Å². The highest BCUT2D eigenvalue weighted by Crippen LogP contribution is 2.36. The molecule has 2 N–H and O–H groups in total. The molecule has 1 aromatic carbocycles. The van der Waals surface area contributed by atoms with Crippen molar-refractivity contribution in [3.05, 3.63) is 22.7 Å². The molecule has 1 atom stereocenters. The Morgan fingerprint density at radius 1 is 1.29 bits per heavy atom. The first-order chi connectivity index (χ1) is 6.68. The van der Waals surface area contributed by atoms with Crippen LogP contribution in [0, 0.1) is 0 Å². The largest absolute Gasteiger partial charge is 0.486 e. The number of ether oxygens (including phenoxy) is 2. The summed E-state index contributed by atoms with van der Waals surface area (Å²) in [7, 11) is 0. The third-order valence-corrected chi connectivity index (χ3v) is 2.48. The van der Waals surface area contributed by atoms with Crippen LogP contribution in [0.2, 0.25) is 5.02 Å². The second kappa shape index (κ2) is 3.67. The average molecular weight is 214 g/mol. The highest BCUT2D eigenvalue weighted by atomic mass is 35.5. The first-order valence-electron chi connectivity index (χ1n) is 4.53. The van der Waals surface area contributed by atoms with Crippen molar-refractivity contribution >= 4 is 11.6 Å². The van der Waals surface area contributed by atoms with Gasteiger partial charge in [0.1, 0.15) is 13.2 Å². The van der Waals surface area contributed by atoms with Crippen LogP contribution in [0.4, 0.5) is 0 Å². The van der Waals surface area contributed by atoms with Gasteiger partial charge in [-0.2, -0.15) is 0 Å². The molecule has 0 fully saturated rings. The predicted molar refractivity (Wildman–Crippen MR) is 55.0 cm³/mol. The third kappa shape index (κ3) is 1.65. The summed E-state index contributed by atoms with van der Waals surface area (Å²) in [6.07, 6.45) is 0. The van der Waals surface area contributed by atoms with Gasteiger partial charge in [-0.3, -0.25) is 0 Å². The minimum Gasteiger partial charge on any atom is -0.486 e. The molecule has 0 radical (unpaired) electrons. The zero-order valence-corrected chi connectivity index (χ0v) is 8.67. The second-order valence-corrected chi connectivity index (χ2v) is 3.71. The molecule has 76 valence electrons. The lowest BCUT2D eigenvalue weighted by Crippen LogP contribution is -2.16. The molecule has 3 nitrogen and oxygen atoms in total. The lowest BCUT2D eigenvalue weighted by Gasteiger charge is -2.20. The number of rotatable bonds is 1. The van der Waals surface area contributed by atoms with Crippen molar-refractivity contribution < 1.29 is 9.47 Å². The molecule has 0 bridgehead atoms. The lowest BCUT2D eigenvalue weighted by atomic mass is 10.1. The van der Waals surface area contributed by atoms with E-state index in [4.69, 9.17) is 26.8 Å². The fraction of sp³-hybridized carbons (Fsp3) is 0.400. The van der Waals surface area contributed by atoms with Crippen LogP contribution >= 0.6 is 11.6 Å². The fourth-order valence-electron chi connectivity index (χ4n) is 1.43. The summed E-state index contributed by atoms with van der Waals surface area (Å²) in [5.74, 6) is 1.43. The van der Waals surface area contributed by atoms with Crippen LogP contribution in [0.15, 0.2) is 12.1 Å². The normalized spacial score (nSPS) is 16.5. The van der Waals surface area contributed by atoms with E-state index in [2.05, 4.69) is 0 Å². The van der Waals surface area contributed by atoms with Gasteiger partial charge < -0.3 is 15.2 Å². The van der Waals surface area contributed by atoms with Gasteiger partial charge in [-0.15, -0.1) is 0 Å². The smallest absolute Gasteiger partial charge is 0.162 e. The molecular formula is C10H12ClNO2. The maximum absolute atomic E-state index is 6.04. The molecule has 14 heavy (non-hydrogen) atoms. The molecule has 4 heteroatoms. The first-order valence-corrected chi connectivity index (χ1v) is 4.91. The monoisotopic (exact) mass is 213 g/mol. The SMILES string of the molecule is C[C@@H](N)c1cc2c(cc1Cl)OCCO2. The van der Waals surface area contributed by atoms with E-state index >= 15 is 0 Å². The Morgan fingerprint density at radius 3 is 2.43 bits per heavy atom. The van der Waals surface area contributed by atoms with Gasteiger partial charge in [0, 0.05) is 17.1 Å². The van der Waals surface area contributed by atoms with Gasteiger partial charge >= 0.3 is 0 Å². The van der Waals surface area contributed by atoms with Crippen LogP contribution in [0.3, 0.4) is 0 Å². The van der Waals surface area contributed by atoms with Gasteiger partial charge in [0.05, 0.1) is 0 Å². The second-order valence-electron chi connectivity index (χ2n) is 3.31. The molecule has 0 aliphatic carbocycles. The van der Waals surface area contributed by atoms with Crippen molar-refractivity contribution in [2.24, 2.45) is 5.73 Å². The van der Waals surface area contributed by atoms with Crippen molar-refractivity contribution in [3.8, 4) is 11.5 Å². The number of fused-ring (bicyclic) bond motifs is 1. The summed E-state index contributed by atoms with van der Waals surface area (Å²) in [6.45, 7) is 3.03. The van der Waals surface area contributed by atoms with E-state index in [1.165, 1.54) is 0 Å². The Morgan fingerprint density at radius 2 is 1.86 bits per heavy atom. The third-order valence-electron chi connectivity index (χ3n) is 2.15. The lowest BCUT2D eigenvalue weighted by molar-refractivity contribution is 0.171. The summed E-state index contributed by atoms with van der Waals surface area (Å²) in [5.41, 5.74) is 6.65. The summed E-state index contributed by atoms with van der Waals surface area (Å²) in [5, 5.41) is 0.629. The van der Waals surface area contributed by atoms with Crippen molar-refractivity contribution in [2.75, 3.05) is 13.2 Å². The van der Waals surface area contributed by atoms with Crippen LogP contribution in [0.25, 0.3) is 0 Å². The Balaban J connectivity index is 2.45. The van der Waals surface area contributed by atoms with E-state index in [9.17, 15) is 0 Å². The number of hydrogen-bond donors (Lipinski definition) is 1. The minimum absolute atomic E-state index is 0.0988. The van der Waals surface area contributed by atoms with Gasteiger partial charge in [0.2, 0.25) is 0 Å². The number of nitrogens with two attached hydrogens (primary N) is 1. The van der Waals surface area contributed by atoms with Gasteiger partial charge in [0.25, 0.3) is 0 Å². The summed E-state index contributed by atoms with van der Waals surface area (Å²) < 4.78 is 10.8. The molecule has 1 heterocycles. The van der Waals surface area contributed by atoms with E-state index in [1.807, 2.05) is 13.0 Å². The Kier molecular flexibility index (Phi) is 2.52. The molecule has 2 rings (SSSR count). The van der Waals surface area contributed by atoms with Crippen molar-refractivity contribution in [3.63, 3.8) is 0 Å². The zero-order valence-electron chi connectivity index (χ0n) is 7.92. The Bertz CT molecular complexity index is 352. The van der Waals surface area contributed by atoms with Crippen LogP contribution in [0.1, 0.15) is 18.5 Å². The Labute approximate surface area is 87.8 Å². The molecule has 0 amide bonds. The summed E-state index contributed by atoms with van der Waals surface area (Å²) in [4.78, 5) is 0. The maximum atomic E-state index is 6.04. The van der Waals surface area contributed by atoms with Gasteiger partial charge in [-0.1, -0.05) is 11.6 Å². The number of halogens is 1. The number of benzene rings is 1. The highest BCUT2D eigenvalue weighted by molar-refractivity contribution is 6.31. The van der Waals surface area contributed by atoms with Crippen molar-refractivity contribution in [1.82, 2.24) is 0 Å². The quantitative estimate of drug-likeness (QED) is 0.777. The Hall–Kier alpha value is -0.930. The molecule has 0 unspecified atom stereocenters. The van der Waals surface area contributed by atoms with Crippen LogP contribution in [0.5, 0.6) is 11.5 Å². The van der Waals surface area contributed by atoms with E-state index in [0.717, 1.165) is 11.3 Å². The van der Waals surface area contributed by atoms with Gasteiger partial charge in [0.15, 0.2) is 11.5 Å². The topological polar surface area (TPSA) is 44.5 Å². The summed E-state index contributed by atoms with van der Waals surface area (Å²) in [6, 6.07) is 3.51. The average Bonchev–Trinajstić information content (AvgIpc) is 2.16. The highest BCUT2D eigenvalue weighted by Gasteiger charge is 2.16. The van der Waals surface area contributed by atoms with Crippen molar-refractivity contribution in [1.29, 1.82) is 0 Å². The molecular weight excluding hydrogens is 202 g/mol. The van der Waals surface area contributed by atoms with Gasteiger partial charge in [-0.25, -0.2) is 0 Å². The molecule has 1 aliphatic heterocycles. The minimum atomic E-state index is -0.0988. The van der Waals surface area contributed by atoms with E-state index in [-0.39, 0.29) is 6.04 Å². The molecule has 1 aromatic rings. The predicted octanol–water partition coefficient (Wildman–Crippen LogP) is 2.13. The van der Waals surface area contributed by atoms with Gasteiger partial charge in [-0.05, 0) is 18.6 Å². The van der Waals surface area contributed by atoms with E-state index in [1.54, 1.807) is 6.07 Å². The summed E-state index contributed by atoms with van der Waals surface area (Å²) >= 11 is 6.04. The number of hydrogen-bond acceptors (Lipinski definition) is 3. The van der Waals surface area contributed by atoms with E-state index in [0.29, 0.717) is 24.0 Å². The molecule has 0 spiro atoms. The molecule has 1 aliphatic rings. The fourth-order valence-corrected chi connectivity index (χ4v) is 1.75. The first kappa shape index (κ1) is 9.62. The zero-order chi connectivity index (χ0) is 10.1. The van der Waals surface area contributed by atoms with Crippen molar-refractivity contribution in [2.45, 2.75) is 13.0 Å². The molecule has 0 saturated heterocycles. The molecule has 0 aromatic heterocycles. The van der Waals surface area contributed by atoms with Crippen LogP contribution < -0.4 is 15.2 Å².